The number of hydrogen-bond donors (Lipinski definition) is 4. The standard InChI is InChI=1S/C16H13N3O7S2/c17-11-6-7-12(27(21,22)23)10-8-13(28(24,25)26)15(16(20)14(10)11)19-18-9-4-2-1-3-5-9/h1-8,20H,17H2,(H,21,22,23)(H,24,25,26). The van der Waals surface area contributed by atoms with E-state index in [4.69, 9.17) is 5.73 Å². The summed E-state index contributed by atoms with van der Waals surface area (Å²) in [5, 5.41) is 17.4. The quantitative estimate of drug-likeness (QED) is 0.281. The lowest BCUT2D eigenvalue weighted by molar-refractivity contribution is 0.471. The van der Waals surface area contributed by atoms with E-state index in [1.165, 1.54) is 0 Å². The first kappa shape index (κ1) is 19.7. The van der Waals surface area contributed by atoms with Crippen LogP contribution in [-0.2, 0) is 20.2 Å². The number of nitrogens with zero attached hydrogens (tertiary/aromatic N) is 2. The first-order valence-electron chi connectivity index (χ1n) is 7.50. The number of benzene rings is 3. The number of nitrogen functional groups attached to an aromatic ring is 1. The molecule has 0 aliphatic heterocycles. The van der Waals surface area contributed by atoms with Gasteiger partial charge in [0.2, 0.25) is 0 Å². The summed E-state index contributed by atoms with van der Waals surface area (Å²) in [4.78, 5) is -1.61. The Bertz CT molecular complexity index is 1320. The molecule has 0 aliphatic carbocycles. The average Bonchev–Trinajstić information content (AvgIpc) is 2.59. The third-order valence-electron chi connectivity index (χ3n) is 3.79. The van der Waals surface area contributed by atoms with Gasteiger partial charge in [-0.15, -0.1) is 5.11 Å². The molecule has 0 aromatic heterocycles. The molecular formula is C16H13N3O7S2. The third kappa shape index (κ3) is 3.66. The maximum Gasteiger partial charge on any atom is 0.296 e. The van der Waals surface area contributed by atoms with Crippen LogP contribution in [-0.4, -0.2) is 31.0 Å². The molecule has 0 bridgehead atoms. The summed E-state index contributed by atoms with van der Waals surface area (Å²) in [6, 6.07) is 10.9. The van der Waals surface area contributed by atoms with Crippen LogP contribution in [0.25, 0.3) is 10.8 Å². The number of aromatic hydroxyl groups is 1. The number of fused-ring (bicyclic) bond motifs is 1. The van der Waals surface area contributed by atoms with Crippen molar-refractivity contribution in [1.82, 2.24) is 0 Å². The minimum atomic E-state index is -4.96. The summed E-state index contributed by atoms with van der Waals surface area (Å²) < 4.78 is 65.7. The van der Waals surface area contributed by atoms with Crippen molar-refractivity contribution in [3.8, 4) is 5.75 Å². The molecule has 0 aliphatic rings. The van der Waals surface area contributed by atoms with Gasteiger partial charge >= 0.3 is 0 Å². The topological polar surface area (TPSA) is 180 Å². The van der Waals surface area contributed by atoms with Crippen LogP contribution in [0.3, 0.4) is 0 Å². The van der Waals surface area contributed by atoms with Gasteiger partial charge in [0.1, 0.15) is 15.5 Å². The number of nitrogens with two attached hydrogens (primary N) is 1. The van der Waals surface area contributed by atoms with Gasteiger partial charge in [0.15, 0.2) is 5.75 Å². The van der Waals surface area contributed by atoms with Gasteiger partial charge < -0.3 is 10.8 Å². The SMILES string of the molecule is Nc1ccc(S(=O)(=O)O)c2cc(S(=O)(=O)O)c(N=Nc3ccccc3)c(O)c12. The van der Waals surface area contributed by atoms with Gasteiger partial charge in [0.05, 0.1) is 11.1 Å². The Balaban J connectivity index is 2.43. The predicted molar refractivity (Wildman–Crippen MR) is 100 cm³/mol. The highest BCUT2D eigenvalue weighted by Gasteiger charge is 2.26. The maximum absolute atomic E-state index is 11.8. The summed E-state index contributed by atoms with van der Waals surface area (Å²) in [5.74, 6) is -0.826. The Morgan fingerprint density at radius 2 is 1.43 bits per heavy atom. The summed E-state index contributed by atoms with van der Waals surface area (Å²) in [6.45, 7) is 0. The summed E-state index contributed by atoms with van der Waals surface area (Å²) >= 11 is 0. The molecule has 3 rings (SSSR count). The molecule has 146 valence electrons. The van der Waals surface area contributed by atoms with Gasteiger partial charge in [-0.1, -0.05) is 18.2 Å². The molecule has 5 N–H and O–H groups in total. The predicted octanol–water partition coefficient (Wildman–Crippen LogP) is 3.04. The fraction of sp³-hybridized carbons (Fsp3) is 0. The molecule has 10 nitrogen and oxygen atoms in total. The van der Waals surface area contributed by atoms with E-state index in [2.05, 4.69) is 10.2 Å². The molecule has 0 unspecified atom stereocenters. The molecule has 3 aromatic rings. The zero-order valence-corrected chi connectivity index (χ0v) is 15.5. The highest BCUT2D eigenvalue weighted by molar-refractivity contribution is 7.86. The van der Waals surface area contributed by atoms with E-state index in [0.29, 0.717) is 5.69 Å². The van der Waals surface area contributed by atoms with Crippen molar-refractivity contribution in [2.75, 3.05) is 5.73 Å². The van der Waals surface area contributed by atoms with Gasteiger partial charge in [-0.2, -0.15) is 21.9 Å². The van der Waals surface area contributed by atoms with E-state index in [1.807, 2.05) is 0 Å². The number of rotatable bonds is 4. The minimum absolute atomic E-state index is 0.113. The minimum Gasteiger partial charge on any atom is -0.505 e. The van der Waals surface area contributed by atoms with E-state index >= 15 is 0 Å². The Morgan fingerprint density at radius 3 is 2.00 bits per heavy atom. The van der Waals surface area contributed by atoms with E-state index in [1.54, 1.807) is 30.3 Å². The lowest BCUT2D eigenvalue weighted by Gasteiger charge is -2.12. The molecule has 0 amide bonds. The highest BCUT2D eigenvalue weighted by Crippen LogP contribution is 2.45. The average molecular weight is 423 g/mol. The van der Waals surface area contributed by atoms with Gasteiger partial charge in [-0.05, 0) is 30.3 Å². The van der Waals surface area contributed by atoms with Gasteiger partial charge in [-0.25, -0.2) is 0 Å². The molecule has 0 radical (unpaired) electrons. The van der Waals surface area contributed by atoms with Crippen molar-refractivity contribution in [1.29, 1.82) is 0 Å². The lowest BCUT2D eigenvalue weighted by Crippen LogP contribution is -2.04. The maximum atomic E-state index is 11.8. The molecule has 0 spiro atoms. The Morgan fingerprint density at radius 1 is 0.821 bits per heavy atom. The van der Waals surface area contributed by atoms with Crippen molar-refractivity contribution in [2.24, 2.45) is 10.2 Å². The Kier molecular flexibility index (Phi) is 4.81. The second kappa shape index (κ2) is 6.83. The zero-order valence-electron chi connectivity index (χ0n) is 13.9. The lowest BCUT2D eigenvalue weighted by atomic mass is 10.1. The number of phenolic OH excluding ortho intramolecular Hbond substituents is 1. The fourth-order valence-electron chi connectivity index (χ4n) is 2.58. The van der Waals surface area contributed by atoms with Crippen molar-refractivity contribution in [2.45, 2.75) is 9.79 Å². The van der Waals surface area contributed by atoms with Crippen LogP contribution >= 0.6 is 0 Å². The van der Waals surface area contributed by atoms with Crippen LogP contribution in [0.15, 0.2) is 68.6 Å². The largest absolute Gasteiger partial charge is 0.505 e. The molecule has 0 atom stereocenters. The van der Waals surface area contributed by atoms with Crippen molar-refractivity contribution in [3.63, 3.8) is 0 Å². The molecular weight excluding hydrogens is 410 g/mol. The normalized spacial score (nSPS) is 12.6. The Labute approximate surface area is 159 Å². The second-order valence-electron chi connectivity index (χ2n) is 5.63. The van der Waals surface area contributed by atoms with E-state index in [0.717, 1.165) is 18.2 Å². The van der Waals surface area contributed by atoms with Gasteiger partial charge in [0, 0.05) is 11.1 Å². The van der Waals surface area contributed by atoms with Crippen LogP contribution in [0.5, 0.6) is 5.75 Å². The van der Waals surface area contributed by atoms with Gasteiger partial charge in [-0.3, -0.25) is 9.11 Å². The summed E-state index contributed by atoms with van der Waals surface area (Å²) in [7, 11) is -9.75. The van der Waals surface area contributed by atoms with E-state index in [9.17, 15) is 31.0 Å². The highest BCUT2D eigenvalue weighted by atomic mass is 32.2. The molecule has 0 fully saturated rings. The second-order valence-corrected chi connectivity index (χ2v) is 8.41. The van der Waals surface area contributed by atoms with Crippen LogP contribution in [0.1, 0.15) is 0 Å². The molecule has 12 heteroatoms. The Hall–Kier alpha value is -3.06. The molecule has 3 aromatic carbocycles. The van der Waals surface area contributed by atoms with Gasteiger partial charge in [0.25, 0.3) is 20.2 Å². The first-order chi connectivity index (χ1) is 13.0. The van der Waals surface area contributed by atoms with Crippen molar-refractivity contribution >= 4 is 48.1 Å². The first-order valence-corrected chi connectivity index (χ1v) is 10.4. The van der Waals surface area contributed by atoms with Crippen LogP contribution in [0, 0.1) is 0 Å². The molecule has 0 heterocycles. The number of azo groups is 1. The number of phenols is 1. The van der Waals surface area contributed by atoms with Crippen LogP contribution in [0.2, 0.25) is 0 Å². The fourth-order valence-corrected chi connectivity index (χ4v) is 3.91. The van der Waals surface area contributed by atoms with Crippen molar-refractivity contribution in [3.05, 3.63) is 48.5 Å². The van der Waals surface area contributed by atoms with Crippen molar-refractivity contribution < 1.29 is 31.0 Å². The molecule has 0 saturated heterocycles. The smallest absolute Gasteiger partial charge is 0.296 e. The zero-order chi connectivity index (χ0) is 20.7. The summed E-state index contributed by atoms with van der Waals surface area (Å²) in [5.41, 5.74) is 5.35. The summed E-state index contributed by atoms with van der Waals surface area (Å²) in [6.07, 6.45) is 0. The monoisotopic (exact) mass is 423 g/mol. The van der Waals surface area contributed by atoms with Crippen LogP contribution in [0.4, 0.5) is 17.1 Å². The molecule has 28 heavy (non-hydrogen) atoms. The third-order valence-corrected chi connectivity index (χ3v) is 5.56. The number of anilines is 1. The van der Waals surface area contributed by atoms with E-state index in [-0.39, 0.29) is 11.1 Å². The van der Waals surface area contributed by atoms with E-state index < -0.39 is 46.9 Å². The molecule has 0 saturated carbocycles. The number of hydrogen-bond acceptors (Lipinski definition) is 8. The van der Waals surface area contributed by atoms with Crippen LogP contribution < -0.4 is 5.73 Å².